The zero-order valence-corrected chi connectivity index (χ0v) is 15.8. The molecule has 3 aliphatic rings. The van der Waals surface area contributed by atoms with Gasteiger partial charge in [0, 0.05) is 31.7 Å². The Morgan fingerprint density at radius 3 is 2.63 bits per heavy atom. The lowest BCUT2D eigenvalue weighted by Crippen LogP contribution is -2.44. The second kappa shape index (κ2) is 7.78. The Hall–Kier alpha value is -1.63. The summed E-state index contributed by atoms with van der Waals surface area (Å²) in [6.07, 6.45) is 5.05. The first kappa shape index (κ1) is 18.7. The third-order valence-corrected chi connectivity index (χ3v) is 6.45. The number of aromatic hydroxyl groups is 1. The molecule has 27 heavy (non-hydrogen) atoms. The van der Waals surface area contributed by atoms with E-state index in [-0.39, 0.29) is 29.3 Å². The van der Waals surface area contributed by atoms with E-state index in [0.29, 0.717) is 5.56 Å². The van der Waals surface area contributed by atoms with Crippen molar-refractivity contribution in [3.8, 4) is 5.75 Å². The molecular formula is C21H30N2O4. The molecule has 0 radical (unpaired) electrons. The Morgan fingerprint density at radius 1 is 1.19 bits per heavy atom. The lowest BCUT2D eigenvalue weighted by molar-refractivity contribution is 0.0227. The van der Waals surface area contributed by atoms with E-state index in [0.717, 1.165) is 71.4 Å². The van der Waals surface area contributed by atoms with Crippen LogP contribution >= 0.6 is 0 Å². The van der Waals surface area contributed by atoms with Crippen molar-refractivity contribution in [3.05, 3.63) is 29.8 Å². The van der Waals surface area contributed by atoms with Gasteiger partial charge in [-0.15, -0.1) is 0 Å². The molecule has 2 atom stereocenters. The van der Waals surface area contributed by atoms with Crippen LogP contribution in [-0.4, -0.2) is 77.5 Å². The lowest BCUT2D eigenvalue weighted by atomic mass is 9.76. The van der Waals surface area contributed by atoms with Crippen LogP contribution in [0.2, 0.25) is 0 Å². The Labute approximate surface area is 160 Å². The topological polar surface area (TPSA) is 73.2 Å². The number of hydrogen-bond acceptors (Lipinski definition) is 5. The zero-order valence-electron chi connectivity index (χ0n) is 15.8. The molecule has 3 aliphatic heterocycles. The molecule has 0 bridgehead atoms. The molecule has 1 aromatic rings. The Morgan fingerprint density at radius 2 is 1.93 bits per heavy atom. The molecule has 0 unspecified atom stereocenters. The number of hydrogen-bond donors (Lipinski definition) is 2. The summed E-state index contributed by atoms with van der Waals surface area (Å²) < 4.78 is 6.12. The lowest BCUT2D eigenvalue weighted by Gasteiger charge is -2.38. The Balaban J connectivity index is 1.28. The largest absolute Gasteiger partial charge is 0.508 e. The van der Waals surface area contributed by atoms with Crippen LogP contribution in [0.1, 0.15) is 42.5 Å². The minimum Gasteiger partial charge on any atom is -0.508 e. The average Bonchev–Trinajstić information content (AvgIpc) is 3.04. The third-order valence-electron chi connectivity index (χ3n) is 6.45. The van der Waals surface area contributed by atoms with Crippen LogP contribution in [-0.2, 0) is 4.74 Å². The quantitative estimate of drug-likeness (QED) is 0.845. The number of ether oxygens (including phenoxy) is 1. The van der Waals surface area contributed by atoms with Crippen molar-refractivity contribution in [2.24, 2.45) is 5.41 Å². The third kappa shape index (κ3) is 4.28. The van der Waals surface area contributed by atoms with E-state index in [1.54, 1.807) is 24.3 Å². The number of β-amino-alcohol motifs (C(OH)–C–C–N with tert-alkyl or cyclic N) is 1. The molecule has 1 spiro atoms. The number of amides is 1. The van der Waals surface area contributed by atoms with E-state index in [1.807, 2.05) is 4.90 Å². The Kier molecular flexibility index (Phi) is 5.39. The molecule has 2 N–H and O–H groups in total. The first-order valence-corrected chi connectivity index (χ1v) is 10.1. The second-order valence-corrected chi connectivity index (χ2v) is 8.53. The fraction of sp³-hybridized carbons (Fsp3) is 0.667. The van der Waals surface area contributed by atoms with Gasteiger partial charge in [-0.2, -0.15) is 0 Å². The molecule has 6 heteroatoms. The van der Waals surface area contributed by atoms with Gasteiger partial charge in [-0.1, -0.05) is 0 Å². The van der Waals surface area contributed by atoms with Gasteiger partial charge in [0.2, 0.25) is 0 Å². The van der Waals surface area contributed by atoms with Gasteiger partial charge in [0.05, 0.1) is 18.8 Å². The molecule has 3 fully saturated rings. The first-order valence-electron chi connectivity index (χ1n) is 10.1. The molecule has 0 aliphatic carbocycles. The SMILES string of the molecule is O=C(c1ccc(O)cc1)N1CCC2(CC1)CO[C@H](CN1CCC[C@@H](O)C1)C2. The molecule has 3 saturated heterocycles. The van der Waals surface area contributed by atoms with Crippen molar-refractivity contribution in [2.75, 3.05) is 39.3 Å². The number of carbonyl (C=O) groups is 1. The number of aliphatic hydroxyl groups is 1. The number of rotatable bonds is 3. The van der Waals surface area contributed by atoms with Crippen molar-refractivity contribution in [3.63, 3.8) is 0 Å². The van der Waals surface area contributed by atoms with Gasteiger partial charge in [0.25, 0.3) is 5.91 Å². The van der Waals surface area contributed by atoms with E-state index in [2.05, 4.69) is 4.90 Å². The minimum absolute atomic E-state index is 0.0441. The van der Waals surface area contributed by atoms with Crippen LogP contribution in [0.4, 0.5) is 0 Å². The number of piperidine rings is 2. The van der Waals surface area contributed by atoms with Crippen LogP contribution in [0.3, 0.4) is 0 Å². The molecule has 0 saturated carbocycles. The van der Waals surface area contributed by atoms with E-state index >= 15 is 0 Å². The van der Waals surface area contributed by atoms with Crippen molar-refractivity contribution >= 4 is 5.91 Å². The highest BCUT2D eigenvalue weighted by atomic mass is 16.5. The second-order valence-electron chi connectivity index (χ2n) is 8.53. The summed E-state index contributed by atoms with van der Waals surface area (Å²) in [4.78, 5) is 16.9. The smallest absolute Gasteiger partial charge is 0.253 e. The molecule has 0 aromatic heterocycles. The number of carbonyl (C=O) groups excluding carboxylic acids is 1. The van der Waals surface area contributed by atoms with Crippen LogP contribution in [0.25, 0.3) is 0 Å². The van der Waals surface area contributed by atoms with Crippen molar-refractivity contribution < 1.29 is 19.7 Å². The summed E-state index contributed by atoms with van der Waals surface area (Å²) in [5.74, 6) is 0.224. The predicted molar refractivity (Wildman–Crippen MR) is 102 cm³/mol. The summed E-state index contributed by atoms with van der Waals surface area (Å²) in [7, 11) is 0. The van der Waals surface area contributed by atoms with Gasteiger partial charge in [-0.05, 0) is 68.3 Å². The number of phenolic OH excluding ortho intramolecular Hbond substituents is 1. The molecule has 4 rings (SSSR count). The summed E-state index contributed by atoms with van der Waals surface area (Å²) in [5.41, 5.74) is 0.832. The van der Waals surface area contributed by atoms with Gasteiger partial charge < -0.3 is 19.8 Å². The minimum atomic E-state index is -0.191. The van der Waals surface area contributed by atoms with Crippen LogP contribution in [0, 0.1) is 5.41 Å². The van der Waals surface area contributed by atoms with Gasteiger partial charge in [0.15, 0.2) is 0 Å². The highest BCUT2D eigenvalue weighted by Gasteiger charge is 2.43. The maximum atomic E-state index is 12.7. The fourth-order valence-electron chi connectivity index (χ4n) is 4.82. The normalized spacial score (nSPS) is 28.6. The van der Waals surface area contributed by atoms with Gasteiger partial charge >= 0.3 is 0 Å². The summed E-state index contributed by atoms with van der Waals surface area (Å²) in [5, 5.41) is 19.2. The summed E-state index contributed by atoms with van der Waals surface area (Å²) in [6, 6.07) is 6.49. The molecular weight excluding hydrogens is 344 g/mol. The number of aliphatic hydroxyl groups excluding tert-OH is 1. The number of phenols is 1. The van der Waals surface area contributed by atoms with E-state index in [1.165, 1.54) is 0 Å². The zero-order chi connectivity index (χ0) is 18.9. The number of benzene rings is 1. The van der Waals surface area contributed by atoms with Gasteiger partial charge in [-0.3, -0.25) is 9.69 Å². The molecule has 1 aromatic carbocycles. The van der Waals surface area contributed by atoms with Crippen LogP contribution in [0.5, 0.6) is 5.75 Å². The maximum Gasteiger partial charge on any atom is 0.253 e. The van der Waals surface area contributed by atoms with Crippen LogP contribution in [0.15, 0.2) is 24.3 Å². The number of likely N-dealkylation sites (tertiary alicyclic amines) is 2. The van der Waals surface area contributed by atoms with Crippen molar-refractivity contribution in [1.29, 1.82) is 0 Å². The van der Waals surface area contributed by atoms with Crippen LogP contribution < -0.4 is 0 Å². The molecule has 3 heterocycles. The Bertz CT molecular complexity index is 655. The monoisotopic (exact) mass is 374 g/mol. The van der Waals surface area contributed by atoms with Crippen molar-refractivity contribution in [2.45, 2.75) is 44.3 Å². The van der Waals surface area contributed by atoms with E-state index in [9.17, 15) is 15.0 Å². The predicted octanol–water partition coefficient (Wildman–Crippen LogP) is 1.86. The molecule has 1 amide bonds. The first-order chi connectivity index (χ1) is 13.0. The highest BCUT2D eigenvalue weighted by molar-refractivity contribution is 5.94. The average molecular weight is 374 g/mol. The summed E-state index contributed by atoms with van der Waals surface area (Å²) in [6.45, 7) is 5.04. The number of nitrogens with zero attached hydrogens (tertiary/aromatic N) is 2. The van der Waals surface area contributed by atoms with Gasteiger partial charge in [-0.25, -0.2) is 0 Å². The van der Waals surface area contributed by atoms with E-state index < -0.39 is 0 Å². The fourth-order valence-corrected chi connectivity index (χ4v) is 4.82. The van der Waals surface area contributed by atoms with E-state index in [4.69, 9.17) is 4.74 Å². The van der Waals surface area contributed by atoms with Crippen molar-refractivity contribution in [1.82, 2.24) is 9.80 Å². The van der Waals surface area contributed by atoms with Gasteiger partial charge in [0.1, 0.15) is 5.75 Å². The standard InChI is InChI=1S/C21H30N2O4/c24-17-5-3-16(4-6-17)20(26)23-10-7-21(8-11-23)12-19(27-15-21)14-22-9-1-2-18(25)13-22/h3-6,18-19,24-25H,1-2,7-15H2/t18-,19+/m1/s1. The molecule has 148 valence electrons. The molecule has 6 nitrogen and oxygen atoms in total. The maximum absolute atomic E-state index is 12.7. The summed E-state index contributed by atoms with van der Waals surface area (Å²) >= 11 is 0. The highest BCUT2D eigenvalue weighted by Crippen LogP contribution is 2.42.